The van der Waals surface area contributed by atoms with Crippen molar-refractivity contribution < 1.29 is 13.5 Å². The summed E-state index contributed by atoms with van der Waals surface area (Å²) in [5.41, 5.74) is 3.47. The number of hydrogen-bond donors (Lipinski definition) is 0. The molecule has 1 heterocycles. The van der Waals surface area contributed by atoms with E-state index in [1.807, 2.05) is 18.2 Å². The molecule has 0 saturated heterocycles. The summed E-state index contributed by atoms with van der Waals surface area (Å²) >= 11 is 3.44. The standard InChI is InChI=1S/C15H11BrF2O/c16-14(12-2-1-3-13(17)15(12)18)9-4-5-10-7-19-8-11(10)6-9/h1-6,14H,7-8H2. The Morgan fingerprint density at radius 3 is 2.68 bits per heavy atom. The lowest BCUT2D eigenvalue weighted by molar-refractivity contribution is 0.134. The van der Waals surface area contributed by atoms with Crippen molar-refractivity contribution in [3.05, 3.63) is 70.3 Å². The minimum absolute atomic E-state index is 0.305. The molecule has 2 aromatic rings. The molecule has 0 saturated carbocycles. The van der Waals surface area contributed by atoms with Crippen molar-refractivity contribution in [2.75, 3.05) is 0 Å². The van der Waals surface area contributed by atoms with Crippen molar-refractivity contribution in [2.45, 2.75) is 18.0 Å². The molecule has 2 aromatic carbocycles. The van der Waals surface area contributed by atoms with Gasteiger partial charge < -0.3 is 4.74 Å². The van der Waals surface area contributed by atoms with E-state index in [4.69, 9.17) is 4.74 Å². The highest BCUT2D eigenvalue weighted by Gasteiger charge is 2.19. The van der Waals surface area contributed by atoms with E-state index in [9.17, 15) is 8.78 Å². The fourth-order valence-electron chi connectivity index (χ4n) is 2.25. The predicted octanol–water partition coefficient (Wildman–Crippen LogP) is 4.48. The maximum absolute atomic E-state index is 13.8. The van der Waals surface area contributed by atoms with Crippen LogP contribution < -0.4 is 0 Å². The molecule has 19 heavy (non-hydrogen) atoms. The molecule has 1 aliphatic heterocycles. The predicted molar refractivity (Wildman–Crippen MR) is 72.1 cm³/mol. The zero-order chi connectivity index (χ0) is 13.4. The van der Waals surface area contributed by atoms with Crippen LogP contribution in [0.2, 0.25) is 0 Å². The fourth-order valence-corrected chi connectivity index (χ4v) is 2.88. The molecule has 3 rings (SSSR count). The molecule has 1 unspecified atom stereocenters. The van der Waals surface area contributed by atoms with Crippen LogP contribution >= 0.6 is 15.9 Å². The molecule has 98 valence electrons. The molecule has 0 amide bonds. The third-order valence-corrected chi connectivity index (χ3v) is 4.31. The molecule has 1 aliphatic rings. The van der Waals surface area contributed by atoms with Crippen molar-refractivity contribution >= 4 is 15.9 Å². The number of fused-ring (bicyclic) bond motifs is 1. The van der Waals surface area contributed by atoms with Crippen LogP contribution in [0.4, 0.5) is 8.78 Å². The number of halogens is 3. The molecule has 0 N–H and O–H groups in total. The number of hydrogen-bond acceptors (Lipinski definition) is 1. The van der Waals surface area contributed by atoms with Crippen molar-refractivity contribution in [3.8, 4) is 0 Å². The normalized spacial score (nSPS) is 15.3. The van der Waals surface area contributed by atoms with Crippen LogP contribution in [0.15, 0.2) is 36.4 Å². The third kappa shape index (κ3) is 2.30. The number of rotatable bonds is 2. The Kier molecular flexibility index (Phi) is 3.37. The van der Waals surface area contributed by atoms with Gasteiger partial charge in [-0.05, 0) is 22.8 Å². The zero-order valence-electron chi connectivity index (χ0n) is 10.00. The molecule has 0 aromatic heterocycles. The van der Waals surface area contributed by atoms with Crippen molar-refractivity contribution in [2.24, 2.45) is 0 Å². The summed E-state index contributed by atoms with van der Waals surface area (Å²) in [6, 6.07) is 10.1. The molecule has 1 nitrogen and oxygen atoms in total. The van der Waals surface area contributed by atoms with Crippen molar-refractivity contribution in [1.29, 1.82) is 0 Å². The minimum Gasteiger partial charge on any atom is -0.372 e. The second kappa shape index (κ2) is 5.02. The Labute approximate surface area is 118 Å². The van der Waals surface area contributed by atoms with Crippen molar-refractivity contribution in [3.63, 3.8) is 0 Å². The van der Waals surface area contributed by atoms with E-state index in [1.165, 1.54) is 6.07 Å². The molecular weight excluding hydrogens is 314 g/mol. The molecule has 1 atom stereocenters. The molecule has 0 bridgehead atoms. The van der Waals surface area contributed by atoms with Gasteiger partial charge in [0, 0.05) is 5.56 Å². The smallest absolute Gasteiger partial charge is 0.163 e. The molecule has 0 fully saturated rings. The third-order valence-electron chi connectivity index (χ3n) is 3.29. The lowest BCUT2D eigenvalue weighted by Crippen LogP contribution is -2.00. The van der Waals surface area contributed by atoms with E-state index in [0.717, 1.165) is 22.8 Å². The Bertz CT molecular complexity index is 628. The Balaban J connectivity index is 2.00. The summed E-state index contributed by atoms with van der Waals surface area (Å²) in [6.07, 6.45) is 0. The van der Waals surface area contributed by atoms with E-state index < -0.39 is 11.6 Å². The topological polar surface area (TPSA) is 9.23 Å². The highest BCUT2D eigenvalue weighted by Crippen LogP contribution is 2.35. The van der Waals surface area contributed by atoms with E-state index in [-0.39, 0.29) is 4.83 Å². The average molecular weight is 325 g/mol. The van der Waals surface area contributed by atoms with Crippen LogP contribution in [0.1, 0.15) is 27.1 Å². The fraction of sp³-hybridized carbons (Fsp3) is 0.200. The van der Waals surface area contributed by atoms with Crippen LogP contribution in [-0.4, -0.2) is 0 Å². The molecule has 4 heteroatoms. The molecular formula is C15H11BrF2O. The largest absolute Gasteiger partial charge is 0.372 e. The lowest BCUT2D eigenvalue weighted by Gasteiger charge is -2.13. The second-order valence-corrected chi connectivity index (χ2v) is 5.44. The monoisotopic (exact) mass is 324 g/mol. The average Bonchev–Trinajstić information content (AvgIpc) is 2.88. The van der Waals surface area contributed by atoms with Crippen LogP contribution in [0, 0.1) is 11.6 Å². The van der Waals surface area contributed by atoms with E-state index in [2.05, 4.69) is 15.9 Å². The van der Waals surface area contributed by atoms with Gasteiger partial charge in [0.1, 0.15) is 0 Å². The lowest BCUT2D eigenvalue weighted by atomic mass is 10.00. The van der Waals surface area contributed by atoms with Gasteiger partial charge in [0.05, 0.1) is 18.0 Å². The molecule has 0 radical (unpaired) electrons. The van der Waals surface area contributed by atoms with Gasteiger partial charge in [0.15, 0.2) is 11.6 Å². The number of ether oxygens (including phenoxy) is 1. The van der Waals surface area contributed by atoms with Gasteiger partial charge in [-0.25, -0.2) is 8.78 Å². The zero-order valence-corrected chi connectivity index (χ0v) is 11.6. The van der Waals surface area contributed by atoms with Crippen LogP contribution in [0.3, 0.4) is 0 Å². The van der Waals surface area contributed by atoms with Crippen molar-refractivity contribution in [1.82, 2.24) is 0 Å². The molecule has 0 aliphatic carbocycles. The van der Waals surface area contributed by atoms with Gasteiger partial charge in [-0.3, -0.25) is 0 Å². The number of alkyl halides is 1. The van der Waals surface area contributed by atoms with Gasteiger partial charge >= 0.3 is 0 Å². The summed E-state index contributed by atoms with van der Waals surface area (Å²) in [4.78, 5) is -0.367. The van der Waals surface area contributed by atoms with Crippen LogP contribution in [0.25, 0.3) is 0 Å². The van der Waals surface area contributed by atoms with Crippen LogP contribution in [0.5, 0.6) is 0 Å². The maximum Gasteiger partial charge on any atom is 0.163 e. The Hall–Kier alpha value is -1.26. The van der Waals surface area contributed by atoms with E-state index in [0.29, 0.717) is 18.8 Å². The first-order chi connectivity index (χ1) is 9.16. The summed E-state index contributed by atoms with van der Waals surface area (Å²) in [5, 5.41) is 0. The maximum atomic E-state index is 13.8. The van der Waals surface area contributed by atoms with Gasteiger partial charge in [0.25, 0.3) is 0 Å². The van der Waals surface area contributed by atoms with Gasteiger partial charge in [-0.1, -0.05) is 46.3 Å². The summed E-state index contributed by atoms with van der Waals surface area (Å²) in [7, 11) is 0. The first kappa shape index (κ1) is 12.8. The Morgan fingerprint density at radius 2 is 1.84 bits per heavy atom. The summed E-state index contributed by atoms with van der Waals surface area (Å²) < 4.78 is 32.4. The summed E-state index contributed by atoms with van der Waals surface area (Å²) in [5.74, 6) is -1.63. The Morgan fingerprint density at radius 1 is 1.05 bits per heavy atom. The highest BCUT2D eigenvalue weighted by molar-refractivity contribution is 9.09. The quantitative estimate of drug-likeness (QED) is 0.740. The van der Waals surface area contributed by atoms with E-state index >= 15 is 0 Å². The van der Waals surface area contributed by atoms with Gasteiger partial charge in [-0.2, -0.15) is 0 Å². The van der Waals surface area contributed by atoms with Gasteiger partial charge in [-0.15, -0.1) is 0 Å². The first-order valence-corrected chi connectivity index (χ1v) is 6.86. The van der Waals surface area contributed by atoms with Gasteiger partial charge in [0.2, 0.25) is 0 Å². The summed E-state index contributed by atoms with van der Waals surface area (Å²) in [6.45, 7) is 1.20. The molecule has 0 spiro atoms. The first-order valence-electron chi connectivity index (χ1n) is 5.94. The second-order valence-electron chi connectivity index (χ2n) is 4.53. The minimum atomic E-state index is -0.827. The van der Waals surface area contributed by atoms with Crippen LogP contribution in [-0.2, 0) is 18.0 Å². The SMILES string of the molecule is Fc1cccc(C(Br)c2ccc3c(c2)COC3)c1F. The number of benzene rings is 2. The highest BCUT2D eigenvalue weighted by atomic mass is 79.9. The van der Waals surface area contributed by atoms with E-state index in [1.54, 1.807) is 6.07 Å².